The van der Waals surface area contributed by atoms with Crippen LogP contribution in [0, 0.1) is 5.41 Å². The largest absolute Gasteiger partial charge is 0.377 e. The zero-order chi connectivity index (χ0) is 15.1. The standard InChI is InChI=1S/C14H28B2NO2/c1-6-9-13(4,8-3)12(18)11-17(16-15)14(5,19)10-7-2/h19H,6-11H2,1-5H3. The number of aliphatic hydroxyl groups is 1. The zero-order valence-electron chi connectivity index (χ0n) is 13.2. The van der Waals surface area contributed by atoms with Gasteiger partial charge in [-0.2, -0.15) is 0 Å². The van der Waals surface area contributed by atoms with Gasteiger partial charge in [0.15, 0.2) is 13.1 Å². The van der Waals surface area contributed by atoms with Crippen LogP contribution >= 0.6 is 0 Å². The Hall–Kier alpha value is -0.280. The molecule has 5 heteroatoms. The highest BCUT2D eigenvalue weighted by Crippen LogP contribution is 2.29. The van der Waals surface area contributed by atoms with Crippen LogP contribution in [0.2, 0.25) is 0 Å². The molecular weight excluding hydrogens is 236 g/mol. The molecule has 0 saturated carbocycles. The van der Waals surface area contributed by atoms with Gasteiger partial charge in [-0.1, -0.05) is 40.5 Å². The lowest BCUT2D eigenvalue weighted by atomic mass is 9.63. The Morgan fingerprint density at radius 1 is 1.21 bits per heavy atom. The summed E-state index contributed by atoms with van der Waals surface area (Å²) in [6.45, 7) is 10.00. The van der Waals surface area contributed by atoms with E-state index >= 15 is 0 Å². The Bertz CT molecular complexity index is 285. The fourth-order valence-corrected chi connectivity index (χ4v) is 2.41. The monoisotopic (exact) mass is 264 g/mol. The van der Waals surface area contributed by atoms with Gasteiger partial charge in [-0.15, -0.1) is 0 Å². The van der Waals surface area contributed by atoms with Crippen LogP contribution in [0.1, 0.15) is 66.7 Å². The van der Waals surface area contributed by atoms with E-state index in [-0.39, 0.29) is 17.7 Å². The van der Waals surface area contributed by atoms with Crippen molar-refractivity contribution in [2.75, 3.05) is 6.54 Å². The van der Waals surface area contributed by atoms with Crippen LogP contribution < -0.4 is 0 Å². The van der Waals surface area contributed by atoms with Gasteiger partial charge in [0.1, 0.15) is 5.72 Å². The van der Waals surface area contributed by atoms with E-state index in [4.69, 9.17) is 7.74 Å². The fraction of sp³-hybridized carbons (Fsp3) is 0.929. The number of hydrogen-bond acceptors (Lipinski definition) is 3. The molecule has 0 aliphatic heterocycles. The molecule has 0 aromatic carbocycles. The molecule has 19 heavy (non-hydrogen) atoms. The van der Waals surface area contributed by atoms with E-state index < -0.39 is 5.72 Å². The van der Waals surface area contributed by atoms with Gasteiger partial charge in [-0.05, 0) is 26.2 Å². The minimum absolute atomic E-state index is 0.148. The zero-order valence-corrected chi connectivity index (χ0v) is 13.2. The van der Waals surface area contributed by atoms with Crippen molar-refractivity contribution in [3.8, 4) is 0 Å². The number of carbonyl (C=O) groups excluding carboxylic acids is 1. The summed E-state index contributed by atoms with van der Waals surface area (Å²) in [5.41, 5.74) is -1.38. The van der Waals surface area contributed by atoms with Crippen molar-refractivity contribution in [3.63, 3.8) is 0 Å². The van der Waals surface area contributed by atoms with Gasteiger partial charge >= 0.3 is 0 Å². The highest BCUT2D eigenvalue weighted by Gasteiger charge is 2.34. The van der Waals surface area contributed by atoms with Crippen LogP contribution in [0.3, 0.4) is 0 Å². The molecule has 0 aliphatic carbocycles. The molecule has 107 valence electrons. The molecule has 0 rings (SSSR count). The minimum atomic E-state index is -1.06. The molecule has 2 atom stereocenters. The average molecular weight is 264 g/mol. The van der Waals surface area contributed by atoms with Crippen molar-refractivity contribution in [1.82, 2.24) is 4.81 Å². The van der Waals surface area contributed by atoms with Crippen LogP contribution in [0.5, 0.6) is 0 Å². The predicted molar refractivity (Wildman–Crippen MR) is 82.1 cm³/mol. The van der Waals surface area contributed by atoms with Crippen LogP contribution in [0.4, 0.5) is 0 Å². The molecule has 0 aromatic heterocycles. The maximum Gasteiger partial charge on any atom is 0.152 e. The summed E-state index contributed by atoms with van der Waals surface area (Å²) in [5.74, 6) is 0.148. The fourth-order valence-electron chi connectivity index (χ4n) is 2.41. The van der Waals surface area contributed by atoms with E-state index in [1.807, 2.05) is 20.8 Å². The van der Waals surface area contributed by atoms with Gasteiger partial charge < -0.3 is 9.92 Å². The Balaban J connectivity index is 4.83. The Morgan fingerprint density at radius 2 is 1.74 bits per heavy atom. The van der Waals surface area contributed by atoms with Crippen LogP contribution in [-0.2, 0) is 4.79 Å². The first-order chi connectivity index (χ1) is 8.77. The normalized spacial score (nSPS) is 17.8. The van der Waals surface area contributed by atoms with Crippen molar-refractivity contribution < 1.29 is 9.90 Å². The van der Waals surface area contributed by atoms with Gasteiger partial charge in [-0.25, -0.2) is 0 Å². The third-order valence-electron chi connectivity index (χ3n) is 4.09. The average Bonchev–Trinajstić information content (AvgIpc) is 2.35. The molecular formula is C14H28B2NO2. The first-order valence-corrected chi connectivity index (χ1v) is 7.34. The smallest absolute Gasteiger partial charge is 0.152 e. The molecule has 0 saturated heterocycles. The number of rotatable bonds is 10. The molecule has 0 aromatic rings. The maximum absolute atomic E-state index is 12.5. The van der Waals surface area contributed by atoms with Crippen LogP contribution in [0.15, 0.2) is 0 Å². The Labute approximate surface area is 120 Å². The summed E-state index contributed by atoms with van der Waals surface area (Å²) in [6, 6.07) is 0. The van der Waals surface area contributed by atoms with E-state index in [1.165, 1.54) is 7.31 Å². The van der Waals surface area contributed by atoms with Crippen LogP contribution in [0.25, 0.3) is 0 Å². The third-order valence-corrected chi connectivity index (χ3v) is 4.09. The van der Waals surface area contributed by atoms with Gasteiger partial charge in [0.2, 0.25) is 0 Å². The van der Waals surface area contributed by atoms with Crippen molar-refractivity contribution in [2.45, 2.75) is 72.4 Å². The highest BCUT2D eigenvalue weighted by atomic mass is 16.3. The summed E-state index contributed by atoms with van der Waals surface area (Å²) < 4.78 is 0. The molecule has 0 amide bonds. The molecule has 2 unspecified atom stereocenters. The molecule has 3 nitrogen and oxygen atoms in total. The first-order valence-electron chi connectivity index (χ1n) is 7.34. The number of ketones is 1. The molecule has 3 radical (unpaired) electrons. The summed E-state index contributed by atoms with van der Waals surface area (Å²) in [6.07, 6.45) is 4.09. The SMILES string of the molecule is [B][B]N(CC(=O)C(C)(CC)CCC)C(C)(O)CCC. The Kier molecular flexibility index (Phi) is 7.99. The Morgan fingerprint density at radius 3 is 2.11 bits per heavy atom. The number of Topliss-reactive ketones (excluding diaryl/α,β-unsaturated/α-hetero) is 1. The summed E-state index contributed by atoms with van der Waals surface area (Å²) in [7, 11) is 6.91. The van der Waals surface area contributed by atoms with E-state index in [1.54, 1.807) is 11.7 Å². The highest BCUT2D eigenvalue weighted by molar-refractivity contribution is 6.87. The lowest BCUT2D eigenvalue weighted by Crippen LogP contribution is -2.52. The van der Waals surface area contributed by atoms with Gasteiger partial charge in [-0.3, -0.25) is 4.79 Å². The van der Waals surface area contributed by atoms with Crippen molar-refractivity contribution >= 4 is 20.8 Å². The summed E-state index contributed by atoms with van der Waals surface area (Å²) in [4.78, 5) is 14.0. The van der Waals surface area contributed by atoms with Gasteiger partial charge in [0, 0.05) is 19.7 Å². The molecule has 0 spiro atoms. The van der Waals surface area contributed by atoms with E-state index in [9.17, 15) is 9.90 Å². The lowest BCUT2D eigenvalue weighted by molar-refractivity contribution is -0.134. The second kappa shape index (κ2) is 8.11. The minimum Gasteiger partial charge on any atom is -0.377 e. The van der Waals surface area contributed by atoms with E-state index in [0.29, 0.717) is 6.42 Å². The molecule has 0 aliphatic rings. The molecule has 1 N–H and O–H groups in total. The molecule has 0 fully saturated rings. The number of carbonyl (C=O) groups is 1. The predicted octanol–water partition coefficient (Wildman–Crippen LogP) is 2.29. The van der Waals surface area contributed by atoms with E-state index in [2.05, 4.69) is 6.92 Å². The summed E-state index contributed by atoms with van der Waals surface area (Å²) >= 11 is 0. The third kappa shape index (κ3) is 5.31. The second-order valence-electron chi connectivity index (χ2n) is 5.83. The van der Waals surface area contributed by atoms with Crippen molar-refractivity contribution in [1.29, 1.82) is 0 Å². The number of hydrogen-bond donors (Lipinski definition) is 1. The van der Waals surface area contributed by atoms with Crippen molar-refractivity contribution in [2.24, 2.45) is 5.41 Å². The molecule has 0 heterocycles. The van der Waals surface area contributed by atoms with Gasteiger partial charge in [0.05, 0.1) is 0 Å². The summed E-state index contributed by atoms with van der Waals surface area (Å²) in [5, 5.41) is 10.4. The topological polar surface area (TPSA) is 40.5 Å². The second-order valence-corrected chi connectivity index (χ2v) is 5.83. The van der Waals surface area contributed by atoms with E-state index in [0.717, 1.165) is 25.7 Å². The van der Waals surface area contributed by atoms with Gasteiger partial charge in [0.25, 0.3) is 0 Å². The quantitative estimate of drug-likeness (QED) is 0.486. The van der Waals surface area contributed by atoms with Crippen LogP contribution in [-0.4, -0.2) is 43.0 Å². The maximum atomic E-state index is 12.5. The number of nitrogens with zero attached hydrogens (tertiary/aromatic N) is 1. The van der Waals surface area contributed by atoms with Crippen molar-refractivity contribution in [3.05, 3.63) is 0 Å². The lowest BCUT2D eigenvalue weighted by Gasteiger charge is -2.39. The first kappa shape index (κ1) is 18.7. The molecule has 0 bridgehead atoms.